The molecule has 1 aromatic carbocycles. The second-order valence-electron chi connectivity index (χ2n) is 5.88. The minimum absolute atomic E-state index is 0.453. The Balaban J connectivity index is 2.10. The zero-order valence-electron chi connectivity index (χ0n) is 12.3. The molecule has 2 aromatic rings. The molecule has 0 aliphatic heterocycles. The highest BCUT2D eigenvalue weighted by molar-refractivity contribution is 5.80. The van der Waals surface area contributed by atoms with Crippen LogP contribution in [0.25, 0.3) is 11.0 Å². The summed E-state index contributed by atoms with van der Waals surface area (Å²) in [5.41, 5.74) is 8.26. The number of aromatic nitrogens is 2. The van der Waals surface area contributed by atoms with E-state index in [0.717, 1.165) is 16.8 Å². The lowest BCUT2D eigenvalue weighted by Crippen LogP contribution is -2.18. The number of benzene rings is 1. The number of nitrogen functional groups attached to an aromatic ring is 1. The summed E-state index contributed by atoms with van der Waals surface area (Å²) >= 11 is 0. The van der Waals surface area contributed by atoms with E-state index in [-0.39, 0.29) is 0 Å². The summed E-state index contributed by atoms with van der Waals surface area (Å²) in [5.74, 6) is 2.13. The topological polar surface area (TPSA) is 53.1 Å². The first-order valence-corrected chi connectivity index (χ1v) is 7.52. The summed E-state index contributed by atoms with van der Waals surface area (Å²) in [7, 11) is 1.69. The highest BCUT2D eigenvalue weighted by Crippen LogP contribution is 2.37. The number of methoxy groups -OCH3 is 1. The average Bonchev–Trinajstić information content (AvgIpc) is 2.62. The van der Waals surface area contributed by atoms with Crippen molar-refractivity contribution in [2.75, 3.05) is 12.8 Å². The van der Waals surface area contributed by atoms with Gasteiger partial charge in [0.15, 0.2) is 0 Å². The molecule has 0 bridgehead atoms. The summed E-state index contributed by atoms with van der Waals surface area (Å²) in [5, 5.41) is 0. The van der Waals surface area contributed by atoms with Crippen LogP contribution in [-0.4, -0.2) is 16.7 Å². The number of nitrogens with two attached hydrogens (primary N) is 1. The minimum atomic E-state index is 0.453. The Morgan fingerprint density at radius 1 is 1.25 bits per heavy atom. The third-order valence-electron chi connectivity index (χ3n) is 4.57. The molecule has 20 heavy (non-hydrogen) atoms. The summed E-state index contributed by atoms with van der Waals surface area (Å²) < 4.78 is 7.57. The maximum Gasteiger partial charge on any atom is 0.201 e. The van der Waals surface area contributed by atoms with Gasteiger partial charge in [-0.1, -0.05) is 26.2 Å². The average molecular weight is 273 g/mol. The van der Waals surface area contributed by atoms with Crippen molar-refractivity contribution in [1.29, 1.82) is 0 Å². The molecule has 0 amide bonds. The molecule has 1 heterocycles. The first-order valence-electron chi connectivity index (χ1n) is 7.52. The Bertz CT molecular complexity index is 605. The molecule has 108 valence electrons. The van der Waals surface area contributed by atoms with E-state index in [4.69, 9.17) is 10.5 Å². The summed E-state index contributed by atoms with van der Waals surface area (Å²) in [6.07, 6.45) is 6.39. The summed E-state index contributed by atoms with van der Waals surface area (Å²) in [4.78, 5) is 4.51. The molecule has 4 heteroatoms. The largest absolute Gasteiger partial charge is 0.497 e. The fraction of sp³-hybridized carbons (Fsp3) is 0.562. The van der Waals surface area contributed by atoms with Gasteiger partial charge in [-0.05, 0) is 30.9 Å². The van der Waals surface area contributed by atoms with Gasteiger partial charge in [0.25, 0.3) is 0 Å². The molecule has 0 radical (unpaired) electrons. The number of fused-ring (bicyclic) bond motifs is 1. The number of imidazole rings is 1. The van der Waals surface area contributed by atoms with Crippen molar-refractivity contribution in [2.45, 2.75) is 45.1 Å². The molecule has 1 aliphatic rings. The van der Waals surface area contributed by atoms with Crippen molar-refractivity contribution in [3.05, 3.63) is 18.2 Å². The first-order chi connectivity index (χ1) is 9.70. The van der Waals surface area contributed by atoms with Gasteiger partial charge in [-0.2, -0.15) is 0 Å². The molecule has 2 atom stereocenters. The summed E-state index contributed by atoms with van der Waals surface area (Å²) in [6, 6.07) is 6.43. The van der Waals surface area contributed by atoms with Crippen molar-refractivity contribution in [1.82, 2.24) is 9.55 Å². The van der Waals surface area contributed by atoms with E-state index in [1.807, 2.05) is 12.1 Å². The van der Waals surface area contributed by atoms with E-state index < -0.39 is 0 Å². The van der Waals surface area contributed by atoms with Crippen molar-refractivity contribution >= 4 is 17.0 Å². The zero-order chi connectivity index (χ0) is 14.1. The zero-order valence-corrected chi connectivity index (χ0v) is 12.3. The normalized spacial score (nSPS) is 23.7. The van der Waals surface area contributed by atoms with Crippen LogP contribution in [0.2, 0.25) is 0 Å². The van der Waals surface area contributed by atoms with Gasteiger partial charge in [-0.3, -0.25) is 0 Å². The van der Waals surface area contributed by atoms with Gasteiger partial charge in [0, 0.05) is 12.1 Å². The van der Waals surface area contributed by atoms with Crippen LogP contribution in [0.15, 0.2) is 18.2 Å². The molecule has 2 unspecified atom stereocenters. The Morgan fingerprint density at radius 3 is 2.85 bits per heavy atom. The second kappa shape index (κ2) is 5.35. The minimum Gasteiger partial charge on any atom is -0.497 e. The second-order valence-corrected chi connectivity index (χ2v) is 5.88. The maximum atomic E-state index is 6.20. The lowest BCUT2D eigenvalue weighted by molar-refractivity contribution is 0.343. The number of anilines is 1. The highest BCUT2D eigenvalue weighted by atomic mass is 16.5. The lowest BCUT2D eigenvalue weighted by atomic mass is 9.96. The van der Waals surface area contributed by atoms with Gasteiger partial charge < -0.3 is 15.0 Å². The lowest BCUT2D eigenvalue weighted by Gasteiger charge is -2.24. The number of ether oxygens (including phenoxy) is 1. The Labute approximate surface area is 119 Å². The third kappa shape index (κ3) is 2.23. The number of rotatable bonds is 2. The van der Waals surface area contributed by atoms with Crippen LogP contribution in [0.4, 0.5) is 5.95 Å². The number of hydrogen-bond acceptors (Lipinski definition) is 3. The molecule has 3 rings (SSSR count). The molecule has 0 saturated heterocycles. The molecule has 2 N–H and O–H groups in total. The van der Waals surface area contributed by atoms with Crippen LogP contribution in [-0.2, 0) is 0 Å². The molecule has 4 nitrogen and oxygen atoms in total. The van der Waals surface area contributed by atoms with Crippen LogP contribution >= 0.6 is 0 Å². The third-order valence-corrected chi connectivity index (χ3v) is 4.57. The van der Waals surface area contributed by atoms with Crippen LogP contribution in [0.1, 0.15) is 45.1 Å². The fourth-order valence-electron chi connectivity index (χ4n) is 3.42. The van der Waals surface area contributed by atoms with Crippen molar-refractivity contribution in [2.24, 2.45) is 5.92 Å². The molecule has 1 saturated carbocycles. The number of hydrogen-bond donors (Lipinski definition) is 1. The van der Waals surface area contributed by atoms with E-state index >= 15 is 0 Å². The smallest absolute Gasteiger partial charge is 0.201 e. The molecular formula is C16H23N3O. The van der Waals surface area contributed by atoms with Gasteiger partial charge in [0.2, 0.25) is 5.95 Å². The highest BCUT2D eigenvalue weighted by Gasteiger charge is 2.25. The standard InChI is InChI=1S/C16H23N3O/c1-11-6-4-3-5-7-14(11)19-15-10-12(20-2)8-9-13(15)18-16(19)17/h8-11,14H,3-7H2,1-2H3,(H2,17,18). The van der Waals surface area contributed by atoms with Gasteiger partial charge in [0.05, 0.1) is 18.1 Å². The van der Waals surface area contributed by atoms with Gasteiger partial charge >= 0.3 is 0 Å². The number of nitrogens with zero attached hydrogens (tertiary/aromatic N) is 2. The van der Waals surface area contributed by atoms with Crippen molar-refractivity contribution < 1.29 is 4.74 Å². The van der Waals surface area contributed by atoms with Crippen molar-refractivity contribution in [3.8, 4) is 5.75 Å². The molecule has 1 aliphatic carbocycles. The Hall–Kier alpha value is -1.71. The van der Waals surface area contributed by atoms with E-state index in [9.17, 15) is 0 Å². The van der Waals surface area contributed by atoms with Crippen molar-refractivity contribution in [3.63, 3.8) is 0 Å². The van der Waals surface area contributed by atoms with Crippen LogP contribution < -0.4 is 10.5 Å². The van der Waals surface area contributed by atoms with Crippen LogP contribution in [0.3, 0.4) is 0 Å². The molecule has 1 fully saturated rings. The molecule has 0 spiro atoms. The Kier molecular flexibility index (Phi) is 3.55. The predicted octanol–water partition coefficient (Wildman–Crippen LogP) is 3.77. The van der Waals surface area contributed by atoms with Gasteiger partial charge in [0.1, 0.15) is 5.75 Å². The predicted molar refractivity (Wildman–Crippen MR) is 82.0 cm³/mol. The van der Waals surface area contributed by atoms with Gasteiger partial charge in [-0.15, -0.1) is 0 Å². The Morgan fingerprint density at radius 2 is 2.05 bits per heavy atom. The quantitative estimate of drug-likeness (QED) is 0.847. The van der Waals surface area contributed by atoms with Gasteiger partial charge in [-0.25, -0.2) is 4.98 Å². The van der Waals surface area contributed by atoms with E-state index in [0.29, 0.717) is 17.9 Å². The van der Waals surface area contributed by atoms with E-state index in [2.05, 4.69) is 22.5 Å². The first kappa shape index (κ1) is 13.3. The van der Waals surface area contributed by atoms with E-state index in [1.165, 1.54) is 32.1 Å². The summed E-state index contributed by atoms with van der Waals surface area (Å²) in [6.45, 7) is 2.33. The SMILES string of the molecule is COc1ccc2nc(N)n(C3CCCCCC3C)c2c1. The molecule has 1 aromatic heterocycles. The van der Waals surface area contributed by atoms with E-state index in [1.54, 1.807) is 7.11 Å². The van der Waals surface area contributed by atoms with Crippen LogP contribution in [0, 0.1) is 5.92 Å². The fourth-order valence-corrected chi connectivity index (χ4v) is 3.42. The monoisotopic (exact) mass is 273 g/mol. The van der Waals surface area contributed by atoms with Crippen LogP contribution in [0.5, 0.6) is 5.75 Å². The maximum absolute atomic E-state index is 6.20. The molecular weight excluding hydrogens is 250 g/mol.